The summed E-state index contributed by atoms with van der Waals surface area (Å²) in [7, 11) is 0. The first kappa shape index (κ1) is 27.0. The highest BCUT2D eigenvalue weighted by Crippen LogP contribution is 2.40. The Kier molecular flexibility index (Phi) is 7.57. The van der Waals surface area contributed by atoms with Gasteiger partial charge in [0.15, 0.2) is 0 Å². The van der Waals surface area contributed by atoms with Crippen LogP contribution < -0.4 is 5.32 Å². The summed E-state index contributed by atoms with van der Waals surface area (Å²) >= 11 is 0. The van der Waals surface area contributed by atoms with Gasteiger partial charge >= 0.3 is 18.3 Å². The highest BCUT2D eigenvalue weighted by atomic mass is 19.4. The van der Waals surface area contributed by atoms with Crippen LogP contribution in [0.1, 0.15) is 62.0 Å². The number of piperidine rings is 1. The molecule has 4 nitrogen and oxygen atoms in total. The number of carbonyl (C=O) groups is 1. The van der Waals surface area contributed by atoms with Gasteiger partial charge in [-0.05, 0) is 56.0 Å². The average Bonchev–Trinajstić information content (AvgIpc) is 2.77. The van der Waals surface area contributed by atoms with E-state index < -0.39 is 46.7 Å². The van der Waals surface area contributed by atoms with Crippen LogP contribution in [-0.2, 0) is 32.2 Å². The molecule has 3 atom stereocenters. The molecule has 0 radical (unpaired) electrons. The molecule has 192 valence electrons. The standard InChI is InChI=1S/C25H27F6NO3/c1-16(18-11-20(24(26,27)28)13-21(12-18)25(29,30)31)34-15-23(19-7-5-4-6-8-19)10-9-22(3,14-32-23)35-17(2)33/h4-8,11-13,16,32H,9-10,14-15H2,1-3H3. The van der Waals surface area contributed by atoms with Gasteiger partial charge in [0, 0.05) is 13.5 Å². The summed E-state index contributed by atoms with van der Waals surface area (Å²) in [5.41, 5.74) is -3.68. The quantitative estimate of drug-likeness (QED) is 0.366. The van der Waals surface area contributed by atoms with Crippen molar-refractivity contribution in [3.63, 3.8) is 0 Å². The van der Waals surface area contributed by atoms with Crippen molar-refractivity contribution in [1.82, 2.24) is 5.32 Å². The van der Waals surface area contributed by atoms with Gasteiger partial charge in [0.05, 0.1) is 29.4 Å². The number of alkyl halides is 6. The highest BCUT2D eigenvalue weighted by Gasteiger charge is 2.44. The first-order valence-electron chi connectivity index (χ1n) is 11.0. The molecular formula is C25H27F6NO3. The van der Waals surface area contributed by atoms with Gasteiger partial charge in [0.1, 0.15) is 5.60 Å². The molecule has 2 aromatic rings. The number of nitrogens with one attached hydrogen (secondary N) is 1. The van der Waals surface area contributed by atoms with Crippen LogP contribution in [0, 0.1) is 0 Å². The lowest BCUT2D eigenvalue weighted by Gasteiger charge is -2.46. The lowest BCUT2D eigenvalue weighted by molar-refractivity contribution is -0.159. The second-order valence-electron chi connectivity index (χ2n) is 9.14. The third-order valence-corrected chi connectivity index (χ3v) is 6.26. The predicted octanol–water partition coefficient (Wildman–Crippen LogP) is 6.40. The van der Waals surface area contributed by atoms with E-state index in [0.717, 1.165) is 5.56 Å². The van der Waals surface area contributed by atoms with Crippen LogP contribution in [-0.4, -0.2) is 24.7 Å². The largest absolute Gasteiger partial charge is 0.458 e. The van der Waals surface area contributed by atoms with Crippen molar-refractivity contribution in [2.24, 2.45) is 0 Å². The lowest BCUT2D eigenvalue weighted by atomic mass is 9.78. The van der Waals surface area contributed by atoms with E-state index in [0.29, 0.717) is 31.5 Å². The second kappa shape index (κ2) is 9.81. The van der Waals surface area contributed by atoms with Crippen molar-refractivity contribution in [3.05, 3.63) is 70.8 Å². The minimum atomic E-state index is -4.94. The maximum Gasteiger partial charge on any atom is 0.416 e. The molecule has 0 amide bonds. The lowest BCUT2D eigenvalue weighted by Crippen LogP contribution is -2.58. The summed E-state index contributed by atoms with van der Waals surface area (Å²) in [6.45, 7) is 4.80. The first-order valence-corrected chi connectivity index (χ1v) is 11.0. The molecule has 0 aromatic heterocycles. The molecule has 1 aliphatic rings. The van der Waals surface area contributed by atoms with Gasteiger partial charge in [-0.1, -0.05) is 30.3 Å². The van der Waals surface area contributed by atoms with Crippen LogP contribution in [0.2, 0.25) is 0 Å². The van der Waals surface area contributed by atoms with Crippen molar-refractivity contribution in [2.75, 3.05) is 13.2 Å². The third kappa shape index (κ3) is 6.55. The van der Waals surface area contributed by atoms with Crippen LogP contribution in [0.3, 0.4) is 0 Å². The molecule has 1 heterocycles. The van der Waals surface area contributed by atoms with Gasteiger partial charge in [0.25, 0.3) is 0 Å². The van der Waals surface area contributed by atoms with E-state index >= 15 is 0 Å². The van der Waals surface area contributed by atoms with E-state index in [1.165, 1.54) is 13.8 Å². The fraction of sp³-hybridized carbons (Fsp3) is 0.480. The topological polar surface area (TPSA) is 47.6 Å². The Labute approximate surface area is 199 Å². The summed E-state index contributed by atoms with van der Waals surface area (Å²) in [6, 6.07) is 10.7. The Bertz CT molecular complexity index is 995. The summed E-state index contributed by atoms with van der Waals surface area (Å²) in [5, 5.41) is 3.36. The van der Waals surface area contributed by atoms with Gasteiger partial charge < -0.3 is 14.8 Å². The molecule has 1 saturated heterocycles. The van der Waals surface area contributed by atoms with Gasteiger partial charge in [-0.2, -0.15) is 26.3 Å². The molecule has 1 fully saturated rings. The van der Waals surface area contributed by atoms with E-state index in [1.807, 2.05) is 30.3 Å². The Morgan fingerprint density at radius 1 is 1.00 bits per heavy atom. The number of carbonyl (C=O) groups excluding carboxylic acids is 1. The number of esters is 1. The van der Waals surface area contributed by atoms with E-state index in [1.54, 1.807) is 6.92 Å². The summed E-state index contributed by atoms with van der Waals surface area (Å²) in [4.78, 5) is 11.5. The van der Waals surface area contributed by atoms with Crippen molar-refractivity contribution >= 4 is 5.97 Å². The molecule has 0 bridgehead atoms. The minimum Gasteiger partial charge on any atom is -0.458 e. The minimum absolute atomic E-state index is 0.0219. The fourth-order valence-corrected chi connectivity index (χ4v) is 4.23. The average molecular weight is 503 g/mol. The molecule has 0 saturated carbocycles. The van der Waals surface area contributed by atoms with Crippen molar-refractivity contribution in [1.29, 1.82) is 0 Å². The van der Waals surface area contributed by atoms with Crippen LogP contribution in [0.5, 0.6) is 0 Å². The SMILES string of the molecule is CC(=O)OC1(C)CCC(COC(C)c2cc(C(F)(F)F)cc(C(F)(F)F)c2)(c2ccccc2)NC1. The third-order valence-electron chi connectivity index (χ3n) is 6.26. The normalized spacial score (nSPS) is 24.1. The van der Waals surface area contributed by atoms with Gasteiger partial charge in [-0.25, -0.2) is 0 Å². The van der Waals surface area contributed by atoms with Crippen molar-refractivity contribution < 1.29 is 40.6 Å². The highest BCUT2D eigenvalue weighted by molar-refractivity contribution is 5.66. The zero-order chi connectivity index (χ0) is 26.1. The van der Waals surface area contributed by atoms with Gasteiger partial charge in [-0.3, -0.25) is 4.79 Å². The molecule has 3 rings (SSSR count). The van der Waals surface area contributed by atoms with Crippen LogP contribution in [0.25, 0.3) is 0 Å². The Morgan fingerprint density at radius 3 is 2.03 bits per heavy atom. The van der Waals surface area contributed by atoms with Crippen LogP contribution >= 0.6 is 0 Å². The molecule has 1 N–H and O–H groups in total. The first-order chi connectivity index (χ1) is 16.1. The van der Waals surface area contributed by atoms with Crippen LogP contribution in [0.15, 0.2) is 48.5 Å². The molecule has 0 spiro atoms. The van der Waals surface area contributed by atoms with Gasteiger partial charge in [-0.15, -0.1) is 0 Å². The number of benzene rings is 2. The molecule has 2 aromatic carbocycles. The number of ether oxygens (including phenoxy) is 2. The zero-order valence-electron chi connectivity index (χ0n) is 19.5. The molecule has 35 heavy (non-hydrogen) atoms. The molecule has 10 heteroatoms. The Hall–Kier alpha value is -2.59. The summed E-state index contributed by atoms with van der Waals surface area (Å²) < 4.78 is 90.9. The van der Waals surface area contributed by atoms with E-state index in [2.05, 4.69) is 5.32 Å². The molecule has 1 aliphatic heterocycles. The second-order valence-corrected chi connectivity index (χ2v) is 9.14. The number of rotatable bonds is 6. The zero-order valence-corrected chi connectivity index (χ0v) is 19.5. The van der Waals surface area contributed by atoms with E-state index in [4.69, 9.17) is 9.47 Å². The molecule has 0 aliphatic carbocycles. The van der Waals surface area contributed by atoms with E-state index in [-0.39, 0.29) is 18.2 Å². The number of halogens is 6. The number of hydrogen-bond donors (Lipinski definition) is 1. The smallest absolute Gasteiger partial charge is 0.416 e. The summed E-state index contributed by atoms with van der Waals surface area (Å²) in [5.74, 6) is -0.420. The molecule has 3 unspecified atom stereocenters. The molecular weight excluding hydrogens is 476 g/mol. The fourth-order valence-electron chi connectivity index (χ4n) is 4.23. The maximum atomic E-state index is 13.3. The van der Waals surface area contributed by atoms with Crippen molar-refractivity contribution in [2.45, 2.75) is 63.2 Å². The Balaban J connectivity index is 1.87. The summed E-state index contributed by atoms with van der Waals surface area (Å²) in [6.07, 6.45) is -9.99. The van der Waals surface area contributed by atoms with Crippen LogP contribution in [0.4, 0.5) is 26.3 Å². The van der Waals surface area contributed by atoms with E-state index in [9.17, 15) is 31.1 Å². The maximum absolute atomic E-state index is 13.3. The Morgan fingerprint density at radius 2 is 1.57 bits per heavy atom. The predicted molar refractivity (Wildman–Crippen MR) is 116 cm³/mol. The number of hydrogen-bond acceptors (Lipinski definition) is 4. The van der Waals surface area contributed by atoms with Crippen molar-refractivity contribution in [3.8, 4) is 0 Å². The monoisotopic (exact) mass is 503 g/mol. The van der Waals surface area contributed by atoms with Gasteiger partial charge in [0.2, 0.25) is 0 Å².